The van der Waals surface area contributed by atoms with Crippen LogP contribution in [0.2, 0.25) is 5.02 Å². The summed E-state index contributed by atoms with van der Waals surface area (Å²) in [4.78, 5) is 64.8. The highest BCUT2D eigenvalue weighted by molar-refractivity contribution is 6.32. The predicted molar refractivity (Wildman–Crippen MR) is 123 cm³/mol. The van der Waals surface area contributed by atoms with Crippen molar-refractivity contribution < 1.29 is 34.2 Å². The molecule has 0 bridgehead atoms. The van der Waals surface area contributed by atoms with Gasteiger partial charge in [0.2, 0.25) is 11.8 Å². The lowest BCUT2D eigenvalue weighted by Crippen LogP contribution is -2.40. The third-order valence-corrected chi connectivity index (χ3v) is 7.83. The highest BCUT2D eigenvalue weighted by Crippen LogP contribution is 2.55. The average molecular weight is 496 g/mol. The first-order valence-corrected chi connectivity index (χ1v) is 11.7. The van der Waals surface area contributed by atoms with Crippen LogP contribution in [0.5, 0.6) is 5.75 Å². The molecule has 1 saturated heterocycles. The number of hydrogen-bond acceptors (Lipinski definition) is 6. The fourth-order valence-electron chi connectivity index (χ4n) is 5.96. The van der Waals surface area contributed by atoms with E-state index in [1.807, 2.05) is 6.08 Å². The quantitative estimate of drug-likeness (QED) is 0.373. The van der Waals surface area contributed by atoms with E-state index >= 15 is 0 Å². The first kappa shape index (κ1) is 23.2. The molecule has 35 heavy (non-hydrogen) atoms. The summed E-state index contributed by atoms with van der Waals surface area (Å²) in [6, 6.07) is 4.42. The number of Topliss-reactive ketones (excluding diaryl/α,β-unsaturated/α-hetero) is 1. The largest absolute Gasteiger partial charge is 0.508 e. The highest BCUT2D eigenvalue weighted by atomic mass is 35.5. The Labute approximate surface area is 205 Å². The van der Waals surface area contributed by atoms with Crippen molar-refractivity contribution in [3.05, 3.63) is 63.2 Å². The van der Waals surface area contributed by atoms with Crippen LogP contribution in [0, 0.1) is 17.8 Å². The molecule has 3 aliphatic carbocycles. The lowest BCUT2D eigenvalue weighted by molar-refractivity contribution is -0.142. The number of rotatable bonds is 4. The van der Waals surface area contributed by atoms with Crippen LogP contribution in [0.4, 0.5) is 0 Å². The first-order valence-electron chi connectivity index (χ1n) is 11.4. The van der Waals surface area contributed by atoms with Crippen LogP contribution in [-0.4, -0.2) is 51.0 Å². The zero-order chi connectivity index (χ0) is 25.2. The van der Waals surface area contributed by atoms with E-state index in [0.717, 1.165) is 10.5 Å². The standard InChI is InChI=1S/C26H22ClNO7/c1-11-8-19(30)17-10-16-13(21(23(17)24(11)33)14-3-2-12(29)9-18(14)27)4-5-15-22(16)26(35)28(25(15)34)7-6-20(31)32/h2-4,8-9,15-16,21-22,29H,5-7,10H2,1H3,(H,31,32). The van der Waals surface area contributed by atoms with Crippen molar-refractivity contribution in [2.75, 3.05) is 6.54 Å². The summed E-state index contributed by atoms with van der Waals surface area (Å²) >= 11 is 6.50. The van der Waals surface area contributed by atoms with Gasteiger partial charge in [-0.1, -0.05) is 29.3 Å². The summed E-state index contributed by atoms with van der Waals surface area (Å²) in [6.45, 7) is 1.37. The summed E-state index contributed by atoms with van der Waals surface area (Å²) in [5.41, 5.74) is 2.22. The van der Waals surface area contributed by atoms with E-state index in [1.165, 1.54) is 18.2 Å². The fraction of sp³-hybridized carbons (Fsp3) is 0.346. The third kappa shape index (κ3) is 3.55. The topological polar surface area (TPSA) is 129 Å². The van der Waals surface area contributed by atoms with Crippen LogP contribution >= 0.6 is 11.6 Å². The molecule has 1 fully saturated rings. The number of phenols is 1. The number of imide groups is 1. The zero-order valence-electron chi connectivity index (χ0n) is 18.8. The Morgan fingerprint density at radius 1 is 1.14 bits per heavy atom. The van der Waals surface area contributed by atoms with Gasteiger partial charge in [-0.05, 0) is 49.5 Å². The Balaban J connectivity index is 1.64. The fourth-order valence-corrected chi connectivity index (χ4v) is 6.24. The molecule has 2 amide bonds. The molecular weight excluding hydrogens is 474 g/mol. The summed E-state index contributed by atoms with van der Waals surface area (Å²) < 4.78 is 0. The molecule has 180 valence electrons. The van der Waals surface area contributed by atoms with E-state index in [2.05, 4.69) is 0 Å². The minimum atomic E-state index is -1.11. The highest BCUT2D eigenvalue weighted by Gasteiger charge is 2.56. The van der Waals surface area contributed by atoms with Gasteiger partial charge in [0.25, 0.3) is 0 Å². The molecule has 8 nitrogen and oxygen atoms in total. The van der Waals surface area contributed by atoms with E-state index in [9.17, 15) is 29.1 Å². The molecule has 1 aliphatic heterocycles. The maximum Gasteiger partial charge on any atom is 0.305 e. The van der Waals surface area contributed by atoms with Gasteiger partial charge in [0.1, 0.15) is 5.75 Å². The van der Waals surface area contributed by atoms with E-state index < -0.39 is 41.5 Å². The number of benzene rings is 1. The molecule has 5 rings (SSSR count). The van der Waals surface area contributed by atoms with Crippen LogP contribution in [-0.2, 0) is 24.0 Å². The number of aliphatic carboxylic acids is 1. The molecule has 0 aromatic heterocycles. The number of carboxylic acid groups (broad SMARTS) is 1. The smallest absolute Gasteiger partial charge is 0.305 e. The minimum Gasteiger partial charge on any atom is -0.508 e. The SMILES string of the molecule is CC1=CC(=O)C2=C(C1=O)C(c1ccc(O)cc1Cl)C1=CCC3C(=O)N(CCC(=O)O)C(=O)C3C1C2. The van der Waals surface area contributed by atoms with Crippen LogP contribution in [0.25, 0.3) is 0 Å². The van der Waals surface area contributed by atoms with Crippen molar-refractivity contribution >= 4 is 41.0 Å². The van der Waals surface area contributed by atoms with Crippen LogP contribution in [0.15, 0.2) is 52.6 Å². The predicted octanol–water partition coefficient (Wildman–Crippen LogP) is 2.95. The Kier molecular flexibility index (Phi) is 5.51. The number of ketones is 2. The van der Waals surface area contributed by atoms with Crippen molar-refractivity contribution in [1.82, 2.24) is 4.90 Å². The van der Waals surface area contributed by atoms with Gasteiger partial charge in [-0.3, -0.25) is 28.9 Å². The first-order chi connectivity index (χ1) is 16.6. The zero-order valence-corrected chi connectivity index (χ0v) is 19.5. The third-order valence-electron chi connectivity index (χ3n) is 7.50. The molecule has 1 heterocycles. The summed E-state index contributed by atoms with van der Waals surface area (Å²) in [5.74, 6) is -5.20. The molecule has 0 saturated carbocycles. The van der Waals surface area contributed by atoms with Gasteiger partial charge in [-0.25, -0.2) is 0 Å². The van der Waals surface area contributed by atoms with E-state index in [-0.39, 0.29) is 48.1 Å². The van der Waals surface area contributed by atoms with Crippen LogP contribution in [0.3, 0.4) is 0 Å². The lowest BCUT2D eigenvalue weighted by atomic mass is 9.59. The second-order valence-electron chi connectivity index (χ2n) is 9.41. The number of fused-ring (bicyclic) bond motifs is 3. The molecule has 9 heteroatoms. The van der Waals surface area contributed by atoms with Crippen molar-refractivity contribution in [1.29, 1.82) is 0 Å². The number of halogens is 1. The van der Waals surface area contributed by atoms with Gasteiger partial charge >= 0.3 is 5.97 Å². The van der Waals surface area contributed by atoms with Crippen molar-refractivity contribution in [3.8, 4) is 5.75 Å². The number of carbonyl (C=O) groups excluding carboxylic acids is 4. The maximum atomic E-state index is 13.4. The number of hydrogen-bond donors (Lipinski definition) is 2. The molecule has 1 aromatic carbocycles. The lowest BCUT2D eigenvalue weighted by Gasteiger charge is -2.42. The number of likely N-dealkylation sites (tertiary alicyclic amines) is 1. The number of allylic oxidation sites excluding steroid dienone is 6. The second kappa shape index (κ2) is 8.30. The molecular formula is C26H22ClNO7. The van der Waals surface area contributed by atoms with Gasteiger partial charge in [-0.15, -0.1) is 0 Å². The number of carbonyl (C=O) groups is 5. The Morgan fingerprint density at radius 2 is 1.89 bits per heavy atom. The number of aromatic hydroxyl groups is 1. The monoisotopic (exact) mass is 495 g/mol. The van der Waals surface area contributed by atoms with Gasteiger partial charge < -0.3 is 10.2 Å². The van der Waals surface area contributed by atoms with Crippen molar-refractivity contribution in [2.45, 2.75) is 32.1 Å². The molecule has 0 radical (unpaired) electrons. The van der Waals surface area contributed by atoms with Gasteiger partial charge in [0, 0.05) is 34.2 Å². The number of amides is 2. The normalized spacial score (nSPS) is 27.9. The molecule has 4 unspecified atom stereocenters. The van der Waals surface area contributed by atoms with Gasteiger partial charge in [0.15, 0.2) is 11.6 Å². The van der Waals surface area contributed by atoms with E-state index in [4.69, 9.17) is 16.7 Å². The molecule has 0 spiro atoms. The Bertz CT molecular complexity index is 1320. The summed E-state index contributed by atoms with van der Waals surface area (Å²) in [5, 5.41) is 19.1. The van der Waals surface area contributed by atoms with Crippen molar-refractivity contribution in [3.63, 3.8) is 0 Å². The molecule has 1 aromatic rings. The van der Waals surface area contributed by atoms with Gasteiger partial charge in [-0.2, -0.15) is 0 Å². The minimum absolute atomic E-state index is 0.0502. The van der Waals surface area contributed by atoms with E-state index in [1.54, 1.807) is 13.0 Å². The summed E-state index contributed by atoms with van der Waals surface area (Å²) in [6.07, 6.45) is 3.21. The van der Waals surface area contributed by atoms with Crippen LogP contribution < -0.4 is 0 Å². The second-order valence-corrected chi connectivity index (χ2v) is 9.81. The number of phenolic OH excluding ortho intramolecular Hbond substituents is 1. The molecule has 4 aliphatic rings. The number of nitrogens with zero attached hydrogens (tertiary/aromatic N) is 1. The van der Waals surface area contributed by atoms with Gasteiger partial charge in [0.05, 0.1) is 18.3 Å². The van der Waals surface area contributed by atoms with Crippen molar-refractivity contribution in [2.24, 2.45) is 17.8 Å². The van der Waals surface area contributed by atoms with E-state index in [0.29, 0.717) is 22.3 Å². The van der Waals surface area contributed by atoms with Crippen LogP contribution in [0.1, 0.15) is 37.7 Å². The molecule has 2 N–H and O–H groups in total. The maximum absolute atomic E-state index is 13.4. The average Bonchev–Trinajstić information content (AvgIpc) is 3.04. The number of carboxylic acids is 1. The Morgan fingerprint density at radius 3 is 2.57 bits per heavy atom. The Hall–Kier alpha value is -3.52. The molecule has 4 atom stereocenters. The summed E-state index contributed by atoms with van der Waals surface area (Å²) in [7, 11) is 0.